The molecule has 0 aliphatic carbocycles. The SMILES string of the molecule is NCCc1ncn2c1CN(c1ccco1)CC2. The summed E-state index contributed by atoms with van der Waals surface area (Å²) in [6.07, 6.45) is 4.47. The Bertz CT molecular complexity index is 489. The van der Waals surface area contributed by atoms with Crippen molar-refractivity contribution in [2.45, 2.75) is 19.5 Å². The highest BCUT2D eigenvalue weighted by atomic mass is 16.3. The average molecular weight is 232 g/mol. The van der Waals surface area contributed by atoms with Crippen molar-refractivity contribution >= 4 is 5.88 Å². The first-order chi connectivity index (χ1) is 8.38. The Morgan fingerprint density at radius 1 is 1.41 bits per heavy atom. The number of aromatic nitrogens is 2. The molecule has 2 aromatic rings. The molecule has 0 amide bonds. The van der Waals surface area contributed by atoms with E-state index in [0.29, 0.717) is 6.54 Å². The minimum atomic E-state index is 0.644. The summed E-state index contributed by atoms with van der Waals surface area (Å²) >= 11 is 0. The van der Waals surface area contributed by atoms with E-state index in [1.54, 1.807) is 6.26 Å². The van der Waals surface area contributed by atoms with Gasteiger partial charge in [-0.15, -0.1) is 0 Å². The van der Waals surface area contributed by atoms with Crippen LogP contribution in [0.4, 0.5) is 5.88 Å². The molecule has 0 spiro atoms. The summed E-state index contributed by atoms with van der Waals surface area (Å²) in [5.74, 6) is 0.927. The molecule has 0 atom stereocenters. The minimum absolute atomic E-state index is 0.644. The van der Waals surface area contributed by atoms with E-state index in [1.807, 2.05) is 18.5 Å². The highest BCUT2D eigenvalue weighted by molar-refractivity contribution is 5.37. The molecule has 1 aliphatic rings. The molecule has 17 heavy (non-hydrogen) atoms. The molecule has 0 aromatic carbocycles. The summed E-state index contributed by atoms with van der Waals surface area (Å²) in [6.45, 7) is 3.40. The molecule has 3 rings (SSSR count). The maximum Gasteiger partial charge on any atom is 0.195 e. The van der Waals surface area contributed by atoms with Crippen LogP contribution in [0.1, 0.15) is 11.4 Å². The van der Waals surface area contributed by atoms with Crippen LogP contribution in [0.5, 0.6) is 0 Å². The number of anilines is 1. The zero-order chi connectivity index (χ0) is 11.7. The molecule has 0 unspecified atom stereocenters. The lowest BCUT2D eigenvalue weighted by Crippen LogP contribution is -2.33. The number of hydrogen-bond acceptors (Lipinski definition) is 4. The van der Waals surface area contributed by atoms with Crippen molar-refractivity contribution in [2.75, 3.05) is 18.0 Å². The number of fused-ring (bicyclic) bond motifs is 1. The minimum Gasteiger partial charge on any atom is -0.449 e. The second kappa shape index (κ2) is 4.25. The van der Waals surface area contributed by atoms with Gasteiger partial charge in [0.1, 0.15) is 0 Å². The normalized spacial score (nSPS) is 15.0. The van der Waals surface area contributed by atoms with Gasteiger partial charge in [-0.1, -0.05) is 0 Å². The van der Waals surface area contributed by atoms with E-state index in [-0.39, 0.29) is 0 Å². The largest absolute Gasteiger partial charge is 0.449 e. The van der Waals surface area contributed by atoms with Gasteiger partial charge in [-0.2, -0.15) is 0 Å². The van der Waals surface area contributed by atoms with E-state index in [4.69, 9.17) is 10.2 Å². The Morgan fingerprint density at radius 2 is 2.35 bits per heavy atom. The molecular weight excluding hydrogens is 216 g/mol. The van der Waals surface area contributed by atoms with E-state index >= 15 is 0 Å². The number of rotatable bonds is 3. The third-order valence-electron chi connectivity index (χ3n) is 3.18. The van der Waals surface area contributed by atoms with Crippen molar-refractivity contribution in [3.05, 3.63) is 36.1 Å². The first-order valence-corrected chi connectivity index (χ1v) is 5.90. The maximum atomic E-state index is 5.60. The first-order valence-electron chi connectivity index (χ1n) is 5.90. The Labute approximate surface area is 99.8 Å². The van der Waals surface area contributed by atoms with Crippen LogP contribution >= 0.6 is 0 Å². The average Bonchev–Trinajstić information content (AvgIpc) is 2.98. The van der Waals surface area contributed by atoms with Crippen LogP contribution in [0.2, 0.25) is 0 Å². The number of nitrogens with two attached hydrogens (primary N) is 1. The lowest BCUT2D eigenvalue weighted by molar-refractivity contribution is 0.496. The van der Waals surface area contributed by atoms with E-state index in [2.05, 4.69) is 14.5 Å². The number of imidazole rings is 1. The van der Waals surface area contributed by atoms with Crippen molar-refractivity contribution in [1.82, 2.24) is 9.55 Å². The Balaban J connectivity index is 1.86. The smallest absolute Gasteiger partial charge is 0.195 e. The van der Waals surface area contributed by atoms with Crippen LogP contribution in [0.15, 0.2) is 29.1 Å². The van der Waals surface area contributed by atoms with Crippen molar-refractivity contribution in [2.24, 2.45) is 5.73 Å². The fourth-order valence-corrected chi connectivity index (χ4v) is 2.30. The lowest BCUT2D eigenvalue weighted by atomic mass is 10.2. The summed E-state index contributed by atoms with van der Waals surface area (Å²) in [6, 6.07) is 3.91. The zero-order valence-corrected chi connectivity index (χ0v) is 9.67. The molecule has 2 aromatic heterocycles. The van der Waals surface area contributed by atoms with Gasteiger partial charge in [-0.05, 0) is 12.6 Å². The van der Waals surface area contributed by atoms with Gasteiger partial charge in [0.25, 0.3) is 0 Å². The zero-order valence-electron chi connectivity index (χ0n) is 9.67. The fourth-order valence-electron chi connectivity index (χ4n) is 2.30. The third-order valence-corrected chi connectivity index (χ3v) is 3.18. The van der Waals surface area contributed by atoms with Crippen LogP contribution < -0.4 is 10.6 Å². The highest BCUT2D eigenvalue weighted by Gasteiger charge is 2.21. The predicted molar refractivity (Wildman–Crippen MR) is 64.7 cm³/mol. The molecule has 5 heteroatoms. The van der Waals surface area contributed by atoms with Gasteiger partial charge in [0, 0.05) is 25.6 Å². The third kappa shape index (κ3) is 1.82. The second-order valence-electron chi connectivity index (χ2n) is 4.24. The summed E-state index contributed by atoms with van der Waals surface area (Å²) in [5.41, 5.74) is 7.98. The summed E-state index contributed by atoms with van der Waals surface area (Å²) in [5, 5.41) is 0. The van der Waals surface area contributed by atoms with Crippen LogP contribution in [0, 0.1) is 0 Å². The van der Waals surface area contributed by atoms with E-state index < -0.39 is 0 Å². The number of furan rings is 1. The lowest BCUT2D eigenvalue weighted by Gasteiger charge is -2.28. The fraction of sp³-hybridized carbons (Fsp3) is 0.417. The molecule has 0 saturated carbocycles. The van der Waals surface area contributed by atoms with Gasteiger partial charge in [-0.25, -0.2) is 4.98 Å². The first kappa shape index (κ1) is 10.4. The molecule has 0 saturated heterocycles. The van der Waals surface area contributed by atoms with Crippen molar-refractivity contribution < 1.29 is 4.42 Å². The highest BCUT2D eigenvalue weighted by Crippen LogP contribution is 2.22. The van der Waals surface area contributed by atoms with E-state index in [1.165, 1.54) is 5.69 Å². The molecule has 1 aliphatic heterocycles. The van der Waals surface area contributed by atoms with Gasteiger partial charge in [0.05, 0.1) is 30.5 Å². The standard InChI is InChI=1S/C12H16N4O/c13-4-3-10-11-8-15(12-2-1-7-17-12)5-6-16(11)9-14-10/h1-2,7,9H,3-6,8,13H2. The van der Waals surface area contributed by atoms with Gasteiger partial charge >= 0.3 is 0 Å². The topological polar surface area (TPSA) is 60.2 Å². The van der Waals surface area contributed by atoms with Gasteiger partial charge in [0.2, 0.25) is 0 Å². The van der Waals surface area contributed by atoms with Crippen molar-refractivity contribution in [1.29, 1.82) is 0 Å². The van der Waals surface area contributed by atoms with E-state index in [0.717, 1.165) is 37.6 Å². The number of nitrogens with zero attached hydrogens (tertiary/aromatic N) is 3. The molecular formula is C12H16N4O. The van der Waals surface area contributed by atoms with Gasteiger partial charge in [-0.3, -0.25) is 0 Å². The number of hydrogen-bond donors (Lipinski definition) is 1. The van der Waals surface area contributed by atoms with Crippen LogP contribution in [0.25, 0.3) is 0 Å². The van der Waals surface area contributed by atoms with Gasteiger partial charge in [0.15, 0.2) is 5.88 Å². The van der Waals surface area contributed by atoms with Crippen LogP contribution in [-0.4, -0.2) is 22.6 Å². The molecule has 3 heterocycles. The molecule has 0 bridgehead atoms. The van der Waals surface area contributed by atoms with Crippen molar-refractivity contribution in [3.8, 4) is 0 Å². The molecule has 0 fully saturated rings. The second-order valence-corrected chi connectivity index (χ2v) is 4.24. The van der Waals surface area contributed by atoms with Crippen LogP contribution in [-0.2, 0) is 19.5 Å². The molecule has 90 valence electrons. The summed E-state index contributed by atoms with van der Waals surface area (Å²) < 4.78 is 7.65. The van der Waals surface area contributed by atoms with Gasteiger partial charge < -0.3 is 19.6 Å². The predicted octanol–water partition coefficient (Wildman–Crippen LogP) is 0.997. The molecule has 0 radical (unpaired) electrons. The van der Waals surface area contributed by atoms with E-state index in [9.17, 15) is 0 Å². The Hall–Kier alpha value is -1.75. The monoisotopic (exact) mass is 232 g/mol. The maximum absolute atomic E-state index is 5.60. The quantitative estimate of drug-likeness (QED) is 0.857. The summed E-state index contributed by atoms with van der Waals surface area (Å²) in [4.78, 5) is 6.66. The van der Waals surface area contributed by atoms with Crippen LogP contribution in [0.3, 0.4) is 0 Å². The summed E-state index contributed by atoms with van der Waals surface area (Å²) in [7, 11) is 0. The molecule has 5 nitrogen and oxygen atoms in total. The Kier molecular flexibility index (Phi) is 2.60. The Morgan fingerprint density at radius 3 is 3.12 bits per heavy atom. The molecule has 2 N–H and O–H groups in total. The van der Waals surface area contributed by atoms with Crippen molar-refractivity contribution in [3.63, 3.8) is 0 Å².